The van der Waals surface area contributed by atoms with Crippen LogP contribution in [0.5, 0.6) is 5.75 Å². The highest BCUT2D eigenvalue weighted by Gasteiger charge is 2.27. The summed E-state index contributed by atoms with van der Waals surface area (Å²) in [4.78, 5) is 26.1. The highest BCUT2D eigenvalue weighted by atomic mass is 16.5. The monoisotopic (exact) mass is 347 g/mol. The topological polar surface area (TPSA) is 70.7 Å². The maximum Gasteiger partial charge on any atom is 0.317 e. The fourth-order valence-corrected chi connectivity index (χ4v) is 2.95. The molecule has 0 aliphatic carbocycles. The van der Waals surface area contributed by atoms with Gasteiger partial charge < -0.3 is 20.3 Å². The molecule has 2 rings (SSSR count). The van der Waals surface area contributed by atoms with Gasteiger partial charge >= 0.3 is 6.03 Å². The van der Waals surface area contributed by atoms with Crippen molar-refractivity contribution in [2.24, 2.45) is 5.92 Å². The van der Waals surface area contributed by atoms with Crippen molar-refractivity contribution in [3.05, 3.63) is 29.8 Å². The van der Waals surface area contributed by atoms with Crippen molar-refractivity contribution in [3.63, 3.8) is 0 Å². The first-order valence-corrected chi connectivity index (χ1v) is 9.16. The number of likely N-dealkylation sites (tertiary alicyclic amines) is 1. The first kappa shape index (κ1) is 19.1. The molecule has 0 aromatic heterocycles. The SMILES string of the molecule is CCCOc1cccc(CNC(=O)N2CCC[C@H](C(=O)NCC)C2)c1. The Morgan fingerprint density at radius 3 is 2.88 bits per heavy atom. The number of carbonyl (C=O) groups excluding carboxylic acids is 2. The molecule has 0 unspecified atom stereocenters. The van der Waals surface area contributed by atoms with E-state index in [2.05, 4.69) is 17.6 Å². The highest BCUT2D eigenvalue weighted by Crippen LogP contribution is 2.17. The summed E-state index contributed by atoms with van der Waals surface area (Å²) in [6, 6.07) is 7.64. The predicted octanol–water partition coefficient (Wildman–Crippen LogP) is 2.53. The minimum absolute atomic E-state index is 0.0424. The van der Waals surface area contributed by atoms with E-state index in [1.807, 2.05) is 31.2 Å². The molecule has 6 nitrogen and oxygen atoms in total. The van der Waals surface area contributed by atoms with Gasteiger partial charge in [-0.05, 0) is 43.9 Å². The van der Waals surface area contributed by atoms with Crippen molar-refractivity contribution < 1.29 is 14.3 Å². The molecule has 1 atom stereocenters. The van der Waals surface area contributed by atoms with Crippen LogP contribution >= 0.6 is 0 Å². The Kier molecular flexibility index (Phi) is 7.57. The summed E-state index contributed by atoms with van der Waals surface area (Å²) in [6.45, 7) is 6.91. The molecule has 0 bridgehead atoms. The van der Waals surface area contributed by atoms with Crippen LogP contribution in [0.4, 0.5) is 4.79 Å². The van der Waals surface area contributed by atoms with Crippen molar-refractivity contribution in [2.45, 2.75) is 39.7 Å². The minimum atomic E-state index is -0.117. The van der Waals surface area contributed by atoms with Gasteiger partial charge in [-0.1, -0.05) is 19.1 Å². The quantitative estimate of drug-likeness (QED) is 0.796. The van der Waals surface area contributed by atoms with Gasteiger partial charge in [0.1, 0.15) is 5.75 Å². The van der Waals surface area contributed by atoms with E-state index in [1.54, 1.807) is 4.90 Å². The molecule has 1 aromatic carbocycles. The van der Waals surface area contributed by atoms with Crippen LogP contribution in [-0.2, 0) is 11.3 Å². The number of carbonyl (C=O) groups is 2. The average Bonchev–Trinajstić information content (AvgIpc) is 2.65. The predicted molar refractivity (Wildman–Crippen MR) is 97.4 cm³/mol. The van der Waals surface area contributed by atoms with Gasteiger partial charge in [-0.2, -0.15) is 0 Å². The van der Waals surface area contributed by atoms with Crippen LogP contribution in [0.1, 0.15) is 38.7 Å². The first-order valence-electron chi connectivity index (χ1n) is 9.16. The molecule has 2 N–H and O–H groups in total. The summed E-state index contributed by atoms with van der Waals surface area (Å²) in [6.07, 6.45) is 2.66. The van der Waals surface area contributed by atoms with E-state index >= 15 is 0 Å². The summed E-state index contributed by atoms with van der Waals surface area (Å²) in [7, 11) is 0. The lowest BCUT2D eigenvalue weighted by atomic mass is 9.97. The number of hydrogen-bond acceptors (Lipinski definition) is 3. The Labute approximate surface area is 149 Å². The second-order valence-corrected chi connectivity index (χ2v) is 6.33. The van der Waals surface area contributed by atoms with Gasteiger partial charge in [0.25, 0.3) is 0 Å². The molecule has 25 heavy (non-hydrogen) atoms. The van der Waals surface area contributed by atoms with E-state index in [1.165, 1.54) is 0 Å². The number of amides is 3. The molecule has 138 valence electrons. The van der Waals surface area contributed by atoms with Gasteiger partial charge in [0, 0.05) is 26.2 Å². The van der Waals surface area contributed by atoms with Crippen molar-refractivity contribution in [1.82, 2.24) is 15.5 Å². The van der Waals surface area contributed by atoms with Crippen molar-refractivity contribution in [2.75, 3.05) is 26.2 Å². The summed E-state index contributed by atoms with van der Waals surface area (Å²) in [5.41, 5.74) is 0.999. The fourth-order valence-electron chi connectivity index (χ4n) is 2.95. The number of hydrogen-bond donors (Lipinski definition) is 2. The third-order valence-corrected chi connectivity index (χ3v) is 4.25. The number of nitrogens with one attached hydrogen (secondary N) is 2. The lowest BCUT2D eigenvalue weighted by Crippen LogP contribution is -2.48. The molecule has 6 heteroatoms. The molecule has 1 aliphatic rings. The van der Waals surface area contributed by atoms with E-state index in [0.717, 1.165) is 30.6 Å². The lowest BCUT2D eigenvalue weighted by molar-refractivity contribution is -0.126. The number of urea groups is 1. The molecule has 0 spiro atoms. The Bertz CT molecular complexity index is 577. The zero-order valence-corrected chi connectivity index (χ0v) is 15.2. The normalized spacial score (nSPS) is 17.0. The molecule has 1 fully saturated rings. The van der Waals surface area contributed by atoms with Gasteiger partial charge in [-0.25, -0.2) is 4.79 Å². The van der Waals surface area contributed by atoms with Crippen LogP contribution in [0.2, 0.25) is 0 Å². The van der Waals surface area contributed by atoms with Gasteiger partial charge in [0.15, 0.2) is 0 Å². The number of rotatable bonds is 7. The van der Waals surface area contributed by atoms with E-state index in [0.29, 0.717) is 32.8 Å². The van der Waals surface area contributed by atoms with E-state index < -0.39 is 0 Å². The Hall–Kier alpha value is -2.24. The average molecular weight is 347 g/mol. The van der Waals surface area contributed by atoms with E-state index in [4.69, 9.17) is 4.74 Å². The van der Waals surface area contributed by atoms with Crippen LogP contribution in [0, 0.1) is 5.92 Å². The van der Waals surface area contributed by atoms with E-state index in [9.17, 15) is 9.59 Å². The number of benzene rings is 1. The lowest BCUT2D eigenvalue weighted by Gasteiger charge is -2.32. The summed E-state index contributed by atoms with van der Waals surface area (Å²) >= 11 is 0. The van der Waals surface area contributed by atoms with Gasteiger partial charge in [0.05, 0.1) is 12.5 Å². The summed E-state index contributed by atoms with van der Waals surface area (Å²) in [5.74, 6) is 0.758. The van der Waals surface area contributed by atoms with Gasteiger partial charge in [0.2, 0.25) is 5.91 Å². The van der Waals surface area contributed by atoms with Crippen LogP contribution in [-0.4, -0.2) is 43.1 Å². The van der Waals surface area contributed by atoms with Gasteiger partial charge in [-0.3, -0.25) is 4.79 Å². The maximum atomic E-state index is 12.4. The third kappa shape index (κ3) is 5.96. The number of nitrogens with zero attached hydrogens (tertiary/aromatic N) is 1. The number of piperidine rings is 1. The smallest absolute Gasteiger partial charge is 0.317 e. The van der Waals surface area contributed by atoms with Crippen LogP contribution in [0.25, 0.3) is 0 Å². The molecule has 3 amide bonds. The second-order valence-electron chi connectivity index (χ2n) is 6.33. The molecular formula is C19H29N3O3. The zero-order valence-electron chi connectivity index (χ0n) is 15.2. The van der Waals surface area contributed by atoms with Crippen molar-refractivity contribution in [3.8, 4) is 5.75 Å². The van der Waals surface area contributed by atoms with E-state index in [-0.39, 0.29) is 17.9 Å². The van der Waals surface area contributed by atoms with Crippen molar-refractivity contribution in [1.29, 1.82) is 0 Å². The van der Waals surface area contributed by atoms with Crippen LogP contribution < -0.4 is 15.4 Å². The standard InChI is InChI=1S/C19H29N3O3/c1-3-11-25-17-9-5-7-15(12-17)13-21-19(24)22-10-6-8-16(14-22)18(23)20-4-2/h5,7,9,12,16H,3-4,6,8,10-11,13-14H2,1-2H3,(H,20,23)(H,21,24)/t16-/m0/s1. The molecule has 0 saturated carbocycles. The van der Waals surface area contributed by atoms with Crippen LogP contribution in [0.3, 0.4) is 0 Å². The maximum absolute atomic E-state index is 12.4. The highest BCUT2D eigenvalue weighted by molar-refractivity contribution is 5.80. The van der Waals surface area contributed by atoms with Crippen molar-refractivity contribution >= 4 is 11.9 Å². The fraction of sp³-hybridized carbons (Fsp3) is 0.579. The third-order valence-electron chi connectivity index (χ3n) is 4.25. The summed E-state index contributed by atoms with van der Waals surface area (Å²) < 4.78 is 5.61. The Morgan fingerprint density at radius 2 is 2.12 bits per heavy atom. The summed E-state index contributed by atoms with van der Waals surface area (Å²) in [5, 5.41) is 5.79. The molecule has 1 aromatic rings. The molecule has 1 heterocycles. The molecule has 1 saturated heterocycles. The largest absolute Gasteiger partial charge is 0.494 e. The zero-order chi connectivity index (χ0) is 18.1. The van der Waals surface area contributed by atoms with Gasteiger partial charge in [-0.15, -0.1) is 0 Å². The first-order chi connectivity index (χ1) is 12.1. The number of ether oxygens (including phenoxy) is 1. The Morgan fingerprint density at radius 1 is 1.28 bits per heavy atom. The molecule has 0 radical (unpaired) electrons. The Balaban J connectivity index is 1.84. The molecule has 1 aliphatic heterocycles. The second kappa shape index (κ2) is 9.91. The molecular weight excluding hydrogens is 318 g/mol. The van der Waals surface area contributed by atoms with Crippen LogP contribution in [0.15, 0.2) is 24.3 Å². The minimum Gasteiger partial charge on any atom is -0.494 e.